The Morgan fingerprint density at radius 3 is 2.32 bits per heavy atom. The molecule has 0 saturated carbocycles. The van der Waals surface area contributed by atoms with Crippen molar-refractivity contribution in [3.8, 4) is 17.2 Å². The molecule has 0 bridgehead atoms. The van der Waals surface area contributed by atoms with Gasteiger partial charge < -0.3 is 25.3 Å². The van der Waals surface area contributed by atoms with E-state index in [1.54, 1.807) is 17.5 Å². The van der Waals surface area contributed by atoms with Gasteiger partial charge in [-0.1, -0.05) is 0 Å². The van der Waals surface area contributed by atoms with Crippen molar-refractivity contribution in [2.24, 2.45) is 0 Å². The van der Waals surface area contributed by atoms with Gasteiger partial charge in [0.15, 0.2) is 16.6 Å². The maximum atomic E-state index is 12.2. The van der Waals surface area contributed by atoms with Crippen LogP contribution in [-0.2, 0) is 6.54 Å². The number of amides is 1. The third kappa shape index (κ3) is 3.40. The molecule has 3 N–H and O–H groups in total. The van der Waals surface area contributed by atoms with Gasteiger partial charge in [0.25, 0.3) is 5.91 Å². The van der Waals surface area contributed by atoms with E-state index < -0.39 is 0 Å². The normalized spacial score (nSPS) is 10.1. The van der Waals surface area contributed by atoms with E-state index in [9.17, 15) is 4.79 Å². The predicted octanol–water partition coefficient (Wildman–Crippen LogP) is 1.68. The lowest BCUT2D eigenvalue weighted by atomic mass is 10.1. The molecule has 118 valence electrons. The largest absolute Gasteiger partial charge is 0.493 e. The van der Waals surface area contributed by atoms with Gasteiger partial charge in [0.05, 0.1) is 33.6 Å². The highest BCUT2D eigenvalue weighted by Crippen LogP contribution is 2.38. The molecule has 0 spiro atoms. The molecule has 1 aromatic heterocycles. The van der Waals surface area contributed by atoms with E-state index in [4.69, 9.17) is 19.9 Å². The molecule has 0 fully saturated rings. The van der Waals surface area contributed by atoms with Crippen LogP contribution in [0.5, 0.6) is 17.2 Å². The van der Waals surface area contributed by atoms with Crippen molar-refractivity contribution in [1.82, 2.24) is 10.3 Å². The van der Waals surface area contributed by atoms with Gasteiger partial charge in [0.2, 0.25) is 5.75 Å². The van der Waals surface area contributed by atoms with Crippen LogP contribution >= 0.6 is 11.3 Å². The molecule has 0 atom stereocenters. The van der Waals surface area contributed by atoms with E-state index >= 15 is 0 Å². The number of nitrogens with two attached hydrogens (primary N) is 1. The molecule has 0 aliphatic heterocycles. The van der Waals surface area contributed by atoms with Crippen LogP contribution < -0.4 is 25.3 Å². The van der Waals surface area contributed by atoms with Crippen molar-refractivity contribution in [2.75, 3.05) is 27.1 Å². The van der Waals surface area contributed by atoms with Crippen molar-refractivity contribution < 1.29 is 19.0 Å². The lowest BCUT2D eigenvalue weighted by Gasteiger charge is -2.13. The Morgan fingerprint density at radius 2 is 1.86 bits per heavy atom. The van der Waals surface area contributed by atoms with Crippen LogP contribution in [0.2, 0.25) is 0 Å². The zero-order valence-corrected chi connectivity index (χ0v) is 13.3. The van der Waals surface area contributed by atoms with Gasteiger partial charge in [-0.2, -0.15) is 0 Å². The molecule has 1 aromatic carbocycles. The minimum absolute atomic E-state index is 0.272. The van der Waals surface area contributed by atoms with Gasteiger partial charge in [-0.3, -0.25) is 4.79 Å². The topological polar surface area (TPSA) is 95.7 Å². The van der Waals surface area contributed by atoms with Crippen LogP contribution in [0.15, 0.2) is 17.5 Å². The molecular formula is C14H17N3O4S. The summed E-state index contributed by atoms with van der Waals surface area (Å²) in [6.45, 7) is 0.295. The Kier molecular flexibility index (Phi) is 5.05. The number of ether oxygens (including phenoxy) is 3. The maximum absolute atomic E-state index is 12.2. The number of hydrogen-bond donors (Lipinski definition) is 2. The summed E-state index contributed by atoms with van der Waals surface area (Å²) < 4.78 is 15.7. The summed E-state index contributed by atoms with van der Waals surface area (Å²) >= 11 is 1.33. The van der Waals surface area contributed by atoms with Gasteiger partial charge in [-0.05, 0) is 12.1 Å². The fraction of sp³-hybridized carbons (Fsp3) is 0.286. The van der Waals surface area contributed by atoms with Gasteiger partial charge in [-0.15, -0.1) is 11.3 Å². The molecule has 22 heavy (non-hydrogen) atoms. The van der Waals surface area contributed by atoms with Crippen LogP contribution in [0.4, 0.5) is 5.13 Å². The van der Waals surface area contributed by atoms with Crippen LogP contribution in [-0.4, -0.2) is 32.2 Å². The third-order valence-corrected chi connectivity index (χ3v) is 3.65. The number of nitrogens with one attached hydrogen (secondary N) is 1. The Bertz CT molecular complexity index is 647. The third-order valence-electron chi connectivity index (χ3n) is 2.93. The zero-order chi connectivity index (χ0) is 16.1. The van der Waals surface area contributed by atoms with E-state index in [0.717, 1.165) is 0 Å². The van der Waals surface area contributed by atoms with Crippen LogP contribution in [0.1, 0.15) is 16.1 Å². The highest BCUT2D eigenvalue weighted by Gasteiger charge is 2.17. The number of carbonyl (C=O) groups is 1. The summed E-state index contributed by atoms with van der Waals surface area (Å²) in [6, 6.07) is 3.18. The standard InChI is InChI=1S/C14H17N3O4S/c1-19-10-4-8(5-11(20-2)12(10)21-3)13(18)16-6-9-7-22-14(15)17-9/h4-5,7H,6H2,1-3H3,(H2,15,17)(H,16,18). The highest BCUT2D eigenvalue weighted by atomic mass is 32.1. The molecule has 2 aromatic rings. The Hall–Kier alpha value is -2.48. The number of thiazole rings is 1. The summed E-state index contributed by atoms with van der Waals surface area (Å²) in [5.74, 6) is 1.01. The lowest BCUT2D eigenvalue weighted by molar-refractivity contribution is 0.0949. The molecule has 0 saturated heterocycles. The van der Waals surface area contributed by atoms with Crippen molar-refractivity contribution in [1.29, 1.82) is 0 Å². The molecule has 7 nitrogen and oxygen atoms in total. The second kappa shape index (κ2) is 6.99. The number of benzene rings is 1. The number of anilines is 1. The van der Waals surface area contributed by atoms with Crippen LogP contribution in [0.25, 0.3) is 0 Å². The van der Waals surface area contributed by atoms with E-state index in [1.165, 1.54) is 32.7 Å². The molecule has 1 heterocycles. The second-order valence-corrected chi connectivity index (χ2v) is 5.16. The van der Waals surface area contributed by atoms with E-state index in [2.05, 4.69) is 10.3 Å². The molecule has 0 aliphatic carbocycles. The summed E-state index contributed by atoms with van der Waals surface area (Å²) in [5, 5.41) is 5.03. The molecule has 2 rings (SSSR count). The van der Waals surface area contributed by atoms with Crippen molar-refractivity contribution in [3.63, 3.8) is 0 Å². The second-order valence-electron chi connectivity index (χ2n) is 4.27. The smallest absolute Gasteiger partial charge is 0.251 e. The molecule has 8 heteroatoms. The first-order valence-corrected chi connectivity index (χ1v) is 7.25. The number of carbonyl (C=O) groups excluding carboxylic acids is 1. The van der Waals surface area contributed by atoms with Crippen molar-refractivity contribution in [2.45, 2.75) is 6.54 Å². The lowest BCUT2D eigenvalue weighted by Crippen LogP contribution is -2.23. The van der Waals surface area contributed by atoms with Crippen LogP contribution in [0.3, 0.4) is 0 Å². The van der Waals surface area contributed by atoms with Gasteiger partial charge in [0, 0.05) is 10.9 Å². The molecule has 0 aliphatic rings. The summed E-state index contributed by atoms with van der Waals surface area (Å²) in [5.41, 5.74) is 6.66. The Morgan fingerprint density at radius 1 is 1.23 bits per heavy atom. The monoisotopic (exact) mass is 323 g/mol. The first-order chi connectivity index (χ1) is 10.6. The molecular weight excluding hydrogens is 306 g/mol. The van der Waals surface area contributed by atoms with E-state index in [-0.39, 0.29) is 5.91 Å². The average Bonchev–Trinajstić information content (AvgIpc) is 2.96. The first kappa shape index (κ1) is 15.9. The number of nitrogen functional groups attached to an aromatic ring is 1. The highest BCUT2D eigenvalue weighted by molar-refractivity contribution is 7.13. The minimum Gasteiger partial charge on any atom is -0.493 e. The van der Waals surface area contributed by atoms with Gasteiger partial charge >= 0.3 is 0 Å². The number of rotatable bonds is 6. The number of hydrogen-bond acceptors (Lipinski definition) is 7. The van der Waals surface area contributed by atoms with Crippen molar-refractivity contribution in [3.05, 3.63) is 28.8 Å². The first-order valence-electron chi connectivity index (χ1n) is 6.37. The SMILES string of the molecule is COc1cc(C(=O)NCc2csc(N)n2)cc(OC)c1OC. The predicted molar refractivity (Wildman–Crippen MR) is 83.8 cm³/mol. The Balaban J connectivity index is 2.18. The fourth-order valence-corrected chi connectivity index (χ4v) is 2.45. The molecule has 0 radical (unpaired) electrons. The van der Waals surface area contributed by atoms with Gasteiger partial charge in [-0.25, -0.2) is 4.98 Å². The fourth-order valence-electron chi connectivity index (χ4n) is 1.89. The molecule has 0 unspecified atom stereocenters. The summed E-state index contributed by atoms with van der Waals surface area (Å²) in [6.07, 6.45) is 0. The molecule has 1 amide bonds. The van der Waals surface area contributed by atoms with Gasteiger partial charge in [0.1, 0.15) is 0 Å². The number of aromatic nitrogens is 1. The quantitative estimate of drug-likeness (QED) is 0.840. The minimum atomic E-state index is -0.272. The van der Waals surface area contributed by atoms with Crippen molar-refractivity contribution >= 4 is 22.4 Å². The van der Waals surface area contributed by atoms with E-state index in [1.807, 2.05) is 0 Å². The average molecular weight is 323 g/mol. The zero-order valence-electron chi connectivity index (χ0n) is 12.5. The maximum Gasteiger partial charge on any atom is 0.251 e. The summed E-state index contributed by atoms with van der Waals surface area (Å²) in [7, 11) is 4.50. The number of methoxy groups -OCH3 is 3. The van der Waals surface area contributed by atoms with E-state index in [0.29, 0.717) is 40.2 Å². The van der Waals surface area contributed by atoms with Crippen LogP contribution in [0, 0.1) is 0 Å². The summed E-state index contributed by atoms with van der Waals surface area (Å²) in [4.78, 5) is 16.3. The number of nitrogens with zero attached hydrogens (tertiary/aromatic N) is 1. The Labute approximate surface area is 132 Å².